The Morgan fingerprint density at radius 1 is 1.32 bits per heavy atom. The third kappa shape index (κ3) is 3.26. The van der Waals surface area contributed by atoms with E-state index in [0.29, 0.717) is 23.9 Å². The number of para-hydroxylation sites is 1. The summed E-state index contributed by atoms with van der Waals surface area (Å²) in [4.78, 5) is 43.1. The van der Waals surface area contributed by atoms with Crippen LogP contribution in [-0.2, 0) is 20.9 Å². The Morgan fingerprint density at radius 2 is 2.12 bits per heavy atom. The standard InChI is InChI=1S/C18H21N3O4/c1-12-6-5-7-13-16(12)19-11-20(17(13)23)10-15(22)21-9-4-3-8-14(21)18(24)25-2/h5-7,11,14H,3-4,8-10H2,1-2H3. The van der Waals surface area contributed by atoms with Crippen LogP contribution in [0, 0.1) is 6.92 Å². The number of hydrogen-bond donors (Lipinski definition) is 0. The first-order valence-electron chi connectivity index (χ1n) is 8.35. The summed E-state index contributed by atoms with van der Waals surface area (Å²) in [6, 6.07) is 4.82. The normalized spacial score (nSPS) is 17.5. The van der Waals surface area contributed by atoms with Crippen LogP contribution in [0.15, 0.2) is 29.3 Å². The lowest BCUT2D eigenvalue weighted by Crippen LogP contribution is -2.50. The molecule has 1 amide bonds. The van der Waals surface area contributed by atoms with Gasteiger partial charge in [-0.3, -0.25) is 14.2 Å². The fourth-order valence-electron chi connectivity index (χ4n) is 3.30. The van der Waals surface area contributed by atoms with Crippen molar-refractivity contribution < 1.29 is 14.3 Å². The molecule has 1 aromatic heterocycles. The first-order chi connectivity index (χ1) is 12.0. The highest BCUT2D eigenvalue weighted by atomic mass is 16.5. The zero-order chi connectivity index (χ0) is 18.0. The molecule has 1 fully saturated rings. The van der Waals surface area contributed by atoms with Gasteiger partial charge in [-0.1, -0.05) is 12.1 Å². The Balaban J connectivity index is 1.87. The van der Waals surface area contributed by atoms with Crippen LogP contribution in [0.1, 0.15) is 24.8 Å². The molecule has 1 unspecified atom stereocenters. The van der Waals surface area contributed by atoms with E-state index in [-0.39, 0.29) is 18.0 Å². The summed E-state index contributed by atoms with van der Waals surface area (Å²) in [5.74, 6) is -0.682. The molecule has 25 heavy (non-hydrogen) atoms. The van der Waals surface area contributed by atoms with Crippen molar-refractivity contribution in [2.24, 2.45) is 0 Å². The van der Waals surface area contributed by atoms with E-state index in [1.165, 1.54) is 22.9 Å². The number of ether oxygens (including phenoxy) is 1. The van der Waals surface area contributed by atoms with Gasteiger partial charge in [-0.05, 0) is 37.8 Å². The SMILES string of the molecule is COC(=O)C1CCCCN1C(=O)Cn1cnc2c(C)cccc2c1=O. The Morgan fingerprint density at radius 3 is 2.88 bits per heavy atom. The molecule has 0 radical (unpaired) electrons. The molecule has 132 valence electrons. The van der Waals surface area contributed by atoms with Gasteiger partial charge in [-0.2, -0.15) is 0 Å². The molecule has 0 saturated carbocycles. The van der Waals surface area contributed by atoms with Crippen LogP contribution in [-0.4, -0.2) is 46.0 Å². The monoisotopic (exact) mass is 343 g/mol. The van der Waals surface area contributed by atoms with Crippen LogP contribution in [0.3, 0.4) is 0 Å². The molecule has 1 atom stereocenters. The number of nitrogens with zero attached hydrogens (tertiary/aromatic N) is 3. The average molecular weight is 343 g/mol. The van der Waals surface area contributed by atoms with E-state index < -0.39 is 12.0 Å². The van der Waals surface area contributed by atoms with Gasteiger partial charge in [0.1, 0.15) is 12.6 Å². The number of fused-ring (bicyclic) bond motifs is 1. The van der Waals surface area contributed by atoms with Gasteiger partial charge in [0.05, 0.1) is 24.3 Å². The highest BCUT2D eigenvalue weighted by Gasteiger charge is 2.32. The van der Waals surface area contributed by atoms with Crippen molar-refractivity contribution in [2.75, 3.05) is 13.7 Å². The number of likely N-dealkylation sites (tertiary alicyclic amines) is 1. The van der Waals surface area contributed by atoms with Gasteiger partial charge in [-0.15, -0.1) is 0 Å². The van der Waals surface area contributed by atoms with Gasteiger partial charge < -0.3 is 9.64 Å². The van der Waals surface area contributed by atoms with Crippen molar-refractivity contribution in [1.29, 1.82) is 0 Å². The molecule has 2 heterocycles. The number of carbonyl (C=O) groups excluding carboxylic acids is 2. The Labute approximate surface area is 145 Å². The number of amides is 1. The minimum absolute atomic E-state index is 0.136. The molecular formula is C18H21N3O4. The van der Waals surface area contributed by atoms with Crippen LogP contribution in [0.2, 0.25) is 0 Å². The molecule has 1 aliphatic rings. The quantitative estimate of drug-likeness (QED) is 0.784. The Bertz CT molecular complexity index is 874. The van der Waals surface area contributed by atoms with Crippen LogP contribution < -0.4 is 5.56 Å². The van der Waals surface area contributed by atoms with Gasteiger partial charge in [0.25, 0.3) is 5.56 Å². The number of piperidine rings is 1. The minimum Gasteiger partial charge on any atom is -0.467 e. The zero-order valence-electron chi connectivity index (χ0n) is 14.4. The van der Waals surface area contributed by atoms with Crippen LogP contribution >= 0.6 is 0 Å². The number of rotatable bonds is 3. The fraction of sp³-hybridized carbons (Fsp3) is 0.444. The van der Waals surface area contributed by atoms with E-state index in [9.17, 15) is 14.4 Å². The number of aryl methyl sites for hydroxylation is 1. The van der Waals surface area contributed by atoms with E-state index in [1.807, 2.05) is 13.0 Å². The second kappa shape index (κ2) is 7.04. The van der Waals surface area contributed by atoms with Crippen molar-refractivity contribution in [3.63, 3.8) is 0 Å². The summed E-state index contributed by atoms with van der Waals surface area (Å²) in [5.41, 5.74) is 1.30. The molecule has 1 aromatic carbocycles. The first kappa shape index (κ1) is 17.1. The van der Waals surface area contributed by atoms with Gasteiger partial charge in [-0.25, -0.2) is 9.78 Å². The summed E-state index contributed by atoms with van der Waals surface area (Å²) in [5, 5.41) is 0.485. The molecule has 0 aliphatic carbocycles. The molecule has 7 nitrogen and oxygen atoms in total. The maximum atomic E-state index is 12.7. The Hall–Kier alpha value is -2.70. The lowest BCUT2D eigenvalue weighted by Gasteiger charge is -2.33. The predicted molar refractivity (Wildman–Crippen MR) is 92.1 cm³/mol. The Kier molecular flexibility index (Phi) is 4.83. The molecular weight excluding hydrogens is 322 g/mol. The number of benzene rings is 1. The summed E-state index contributed by atoms with van der Waals surface area (Å²) in [6.45, 7) is 2.25. The van der Waals surface area contributed by atoms with E-state index in [1.54, 1.807) is 12.1 Å². The van der Waals surface area contributed by atoms with Gasteiger partial charge in [0.2, 0.25) is 5.91 Å². The molecule has 3 rings (SSSR count). The second-order valence-corrected chi connectivity index (χ2v) is 6.27. The van der Waals surface area contributed by atoms with E-state index in [0.717, 1.165) is 18.4 Å². The second-order valence-electron chi connectivity index (χ2n) is 6.27. The molecule has 0 bridgehead atoms. The van der Waals surface area contributed by atoms with Crippen molar-refractivity contribution in [3.05, 3.63) is 40.4 Å². The zero-order valence-corrected chi connectivity index (χ0v) is 14.4. The largest absolute Gasteiger partial charge is 0.467 e. The molecule has 1 saturated heterocycles. The van der Waals surface area contributed by atoms with E-state index >= 15 is 0 Å². The summed E-state index contributed by atoms with van der Waals surface area (Å²) >= 11 is 0. The summed E-state index contributed by atoms with van der Waals surface area (Å²) in [6.07, 6.45) is 3.69. The smallest absolute Gasteiger partial charge is 0.328 e. The number of methoxy groups -OCH3 is 1. The van der Waals surface area contributed by atoms with E-state index in [4.69, 9.17) is 4.74 Å². The fourth-order valence-corrected chi connectivity index (χ4v) is 3.30. The number of esters is 1. The molecule has 1 aliphatic heterocycles. The van der Waals surface area contributed by atoms with Crippen LogP contribution in [0.5, 0.6) is 0 Å². The lowest BCUT2D eigenvalue weighted by molar-refractivity contribution is -0.154. The van der Waals surface area contributed by atoms with Crippen molar-refractivity contribution in [2.45, 2.75) is 38.8 Å². The van der Waals surface area contributed by atoms with E-state index in [2.05, 4.69) is 4.98 Å². The van der Waals surface area contributed by atoms with Crippen molar-refractivity contribution in [3.8, 4) is 0 Å². The molecule has 7 heteroatoms. The number of aromatic nitrogens is 2. The number of carbonyl (C=O) groups is 2. The third-order valence-corrected chi connectivity index (χ3v) is 4.66. The highest BCUT2D eigenvalue weighted by Crippen LogP contribution is 2.19. The molecule has 0 N–H and O–H groups in total. The highest BCUT2D eigenvalue weighted by molar-refractivity contribution is 5.85. The first-order valence-corrected chi connectivity index (χ1v) is 8.35. The van der Waals surface area contributed by atoms with Crippen molar-refractivity contribution >= 4 is 22.8 Å². The van der Waals surface area contributed by atoms with Crippen LogP contribution in [0.4, 0.5) is 0 Å². The number of hydrogen-bond acceptors (Lipinski definition) is 5. The maximum Gasteiger partial charge on any atom is 0.328 e. The minimum atomic E-state index is -0.572. The van der Waals surface area contributed by atoms with Crippen LogP contribution in [0.25, 0.3) is 10.9 Å². The van der Waals surface area contributed by atoms with Crippen molar-refractivity contribution in [1.82, 2.24) is 14.5 Å². The topological polar surface area (TPSA) is 81.5 Å². The molecule has 2 aromatic rings. The lowest BCUT2D eigenvalue weighted by atomic mass is 10.0. The predicted octanol–water partition coefficient (Wildman–Crippen LogP) is 1.26. The van der Waals surface area contributed by atoms with Gasteiger partial charge in [0.15, 0.2) is 0 Å². The molecule has 0 spiro atoms. The third-order valence-electron chi connectivity index (χ3n) is 4.66. The average Bonchev–Trinajstić information content (AvgIpc) is 2.64. The van der Waals surface area contributed by atoms with Gasteiger partial charge >= 0.3 is 5.97 Å². The summed E-state index contributed by atoms with van der Waals surface area (Å²) in [7, 11) is 1.32. The maximum absolute atomic E-state index is 12.7. The van der Waals surface area contributed by atoms with Gasteiger partial charge in [0, 0.05) is 6.54 Å². The summed E-state index contributed by atoms with van der Waals surface area (Å²) < 4.78 is 6.10.